The lowest BCUT2D eigenvalue weighted by Crippen LogP contribution is -2.52. The smallest absolute Gasteiger partial charge is 0.410 e. The molecule has 3 aliphatic rings. The van der Waals surface area contributed by atoms with Crippen LogP contribution in [0.15, 0.2) is 24.3 Å². The molecule has 2 saturated carbocycles. The number of carbonyl (C=O) groups excluding carboxylic acids is 1. The van der Waals surface area contributed by atoms with E-state index in [9.17, 15) is 17.6 Å². The van der Waals surface area contributed by atoms with Crippen LogP contribution in [0.4, 0.5) is 9.18 Å². The highest BCUT2D eigenvalue weighted by atomic mass is 32.2. The number of amides is 1. The number of nitrogens with zero attached hydrogens (tertiary/aromatic N) is 2. The number of nitrogens with one attached hydrogen (secondary N) is 1. The minimum atomic E-state index is -3.66. The van der Waals surface area contributed by atoms with Crippen molar-refractivity contribution < 1.29 is 27.1 Å². The fraction of sp³-hybridized carbons (Fsp3) is 0.696. The van der Waals surface area contributed by atoms with Gasteiger partial charge in [-0.1, -0.05) is 12.1 Å². The average molecular weight is 484 g/mol. The van der Waals surface area contributed by atoms with Crippen LogP contribution in [0.2, 0.25) is 0 Å². The van der Waals surface area contributed by atoms with Crippen LogP contribution < -0.4 is 4.72 Å². The third-order valence-corrected chi connectivity index (χ3v) is 9.21. The van der Waals surface area contributed by atoms with Gasteiger partial charge in [-0.2, -0.15) is 17.4 Å². The molecule has 1 aliphatic heterocycles. The molecule has 1 aromatic carbocycles. The summed E-state index contributed by atoms with van der Waals surface area (Å²) in [7, 11) is 0.591. The second kappa shape index (κ2) is 9.13. The summed E-state index contributed by atoms with van der Waals surface area (Å²) in [4.78, 5) is 14.0. The molecule has 3 fully saturated rings. The van der Waals surface area contributed by atoms with Crippen LogP contribution in [0.25, 0.3) is 0 Å². The zero-order valence-electron chi connectivity index (χ0n) is 19.7. The van der Waals surface area contributed by atoms with Crippen LogP contribution in [-0.4, -0.2) is 75.8 Å². The van der Waals surface area contributed by atoms with Gasteiger partial charge in [0, 0.05) is 26.2 Å². The van der Waals surface area contributed by atoms with E-state index in [-0.39, 0.29) is 30.0 Å². The Labute approximate surface area is 195 Å². The summed E-state index contributed by atoms with van der Waals surface area (Å²) in [5.74, 6) is 0.260. The minimum absolute atomic E-state index is 0.0284. The maximum atomic E-state index is 13.7. The molecule has 1 N–H and O–H groups in total. The molecule has 1 heterocycles. The van der Waals surface area contributed by atoms with Crippen molar-refractivity contribution in [3.8, 4) is 0 Å². The third kappa shape index (κ3) is 4.76. The van der Waals surface area contributed by atoms with Crippen LogP contribution in [0, 0.1) is 11.7 Å². The number of benzene rings is 1. The maximum absolute atomic E-state index is 13.7. The SMILES string of the molecule is COC(=O)N1[C@H](C)C[C@H](NS(=O)(=O)N(C)C)[C@@H]1COC1CCC2(c3cccc(F)c3)CC2C1. The van der Waals surface area contributed by atoms with Crippen LogP contribution in [0.1, 0.15) is 44.6 Å². The molecular weight excluding hydrogens is 449 g/mol. The van der Waals surface area contributed by atoms with E-state index in [4.69, 9.17) is 9.47 Å². The molecule has 6 atom stereocenters. The number of fused-ring (bicyclic) bond motifs is 1. The van der Waals surface area contributed by atoms with E-state index in [0.717, 1.165) is 35.6 Å². The van der Waals surface area contributed by atoms with Gasteiger partial charge in [0.15, 0.2) is 0 Å². The van der Waals surface area contributed by atoms with Crippen LogP contribution >= 0.6 is 0 Å². The summed E-state index contributed by atoms with van der Waals surface area (Å²) in [5, 5.41) is 0. The summed E-state index contributed by atoms with van der Waals surface area (Å²) >= 11 is 0. The first-order valence-corrected chi connectivity index (χ1v) is 12.9. The Bertz CT molecular complexity index is 990. The third-order valence-electron chi connectivity index (χ3n) is 7.65. The molecule has 4 rings (SSSR count). The standard InChI is InChI=1S/C23H34FN3O5S/c1-15-10-20(25-33(29,30)26(2)3)21(27(15)22(28)31-4)14-32-19-8-9-23(13-17(23)12-19)16-6-5-7-18(24)11-16/h5-7,11,15,17,19-21,25H,8-10,12-14H2,1-4H3/t15-,17?,19?,20+,21+,23?/m1/s1. The molecule has 0 bridgehead atoms. The van der Waals surface area contributed by atoms with Gasteiger partial charge < -0.3 is 9.47 Å². The lowest BCUT2D eigenvalue weighted by Gasteiger charge is -2.33. The first kappa shape index (κ1) is 24.4. The highest BCUT2D eigenvalue weighted by Crippen LogP contribution is 2.62. The van der Waals surface area contributed by atoms with Crippen molar-refractivity contribution in [3.05, 3.63) is 35.6 Å². The normalized spacial score (nSPS) is 33.8. The molecule has 33 heavy (non-hydrogen) atoms. The molecule has 1 saturated heterocycles. The predicted octanol–water partition coefficient (Wildman–Crippen LogP) is 2.65. The first-order valence-electron chi connectivity index (χ1n) is 11.5. The fourth-order valence-electron chi connectivity index (χ4n) is 5.73. The molecule has 184 valence electrons. The Kier molecular flexibility index (Phi) is 6.74. The topological polar surface area (TPSA) is 88.2 Å². The van der Waals surface area contributed by atoms with Crippen molar-refractivity contribution in [2.75, 3.05) is 27.8 Å². The van der Waals surface area contributed by atoms with E-state index < -0.39 is 28.4 Å². The Balaban J connectivity index is 1.41. The number of rotatable bonds is 7. The summed E-state index contributed by atoms with van der Waals surface area (Å²) in [6, 6.07) is 5.80. The summed E-state index contributed by atoms with van der Waals surface area (Å²) in [6.07, 6.45) is 3.72. The fourth-order valence-corrected chi connectivity index (χ4v) is 6.58. The lowest BCUT2D eigenvalue weighted by atomic mass is 9.81. The molecular formula is C23H34FN3O5S. The van der Waals surface area contributed by atoms with Gasteiger partial charge in [0.2, 0.25) is 0 Å². The number of carbonyl (C=O) groups is 1. The Morgan fingerprint density at radius 3 is 2.73 bits per heavy atom. The molecule has 10 heteroatoms. The molecule has 1 amide bonds. The van der Waals surface area contributed by atoms with Crippen molar-refractivity contribution >= 4 is 16.3 Å². The molecule has 3 unspecified atom stereocenters. The van der Waals surface area contributed by atoms with Gasteiger partial charge in [0.25, 0.3) is 10.2 Å². The molecule has 8 nitrogen and oxygen atoms in total. The van der Waals surface area contributed by atoms with Gasteiger partial charge in [0.1, 0.15) is 5.82 Å². The Morgan fingerprint density at radius 1 is 1.33 bits per heavy atom. The number of likely N-dealkylation sites (tertiary alicyclic amines) is 1. The largest absolute Gasteiger partial charge is 0.453 e. The van der Waals surface area contributed by atoms with E-state index in [0.29, 0.717) is 12.3 Å². The maximum Gasteiger partial charge on any atom is 0.410 e. The number of methoxy groups -OCH3 is 1. The van der Waals surface area contributed by atoms with E-state index in [1.165, 1.54) is 27.3 Å². The summed E-state index contributed by atoms with van der Waals surface area (Å²) < 4.78 is 53.7. The zero-order chi connectivity index (χ0) is 24.0. The summed E-state index contributed by atoms with van der Waals surface area (Å²) in [5.41, 5.74) is 1.14. The number of ether oxygens (including phenoxy) is 2. The lowest BCUT2D eigenvalue weighted by molar-refractivity contribution is -0.00999. The number of halogens is 1. The molecule has 1 aromatic rings. The highest BCUT2D eigenvalue weighted by molar-refractivity contribution is 7.87. The van der Waals surface area contributed by atoms with E-state index in [1.807, 2.05) is 13.0 Å². The molecule has 0 spiro atoms. The Hall–Kier alpha value is -1.75. The van der Waals surface area contributed by atoms with Crippen LogP contribution in [0.5, 0.6) is 0 Å². The molecule has 2 aliphatic carbocycles. The monoisotopic (exact) mass is 483 g/mol. The van der Waals surface area contributed by atoms with E-state index in [2.05, 4.69) is 4.72 Å². The zero-order valence-corrected chi connectivity index (χ0v) is 20.5. The van der Waals surface area contributed by atoms with Gasteiger partial charge in [0.05, 0.1) is 25.9 Å². The van der Waals surface area contributed by atoms with Crippen LogP contribution in [0.3, 0.4) is 0 Å². The van der Waals surface area contributed by atoms with E-state index >= 15 is 0 Å². The van der Waals surface area contributed by atoms with Crippen molar-refractivity contribution in [2.45, 2.75) is 68.7 Å². The quantitative estimate of drug-likeness (QED) is 0.644. The van der Waals surface area contributed by atoms with Gasteiger partial charge in [-0.3, -0.25) is 4.90 Å². The second-order valence-electron chi connectivity index (χ2n) is 9.84. The van der Waals surface area contributed by atoms with Crippen molar-refractivity contribution in [3.63, 3.8) is 0 Å². The van der Waals surface area contributed by atoms with Crippen molar-refractivity contribution in [1.82, 2.24) is 13.9 Å². The predicted molar refractivity (Wildman–Crippen MR) is 121 cm³/mol. The van der Waals surface area contributed by atoms with Gasteiger partial charge in [-0.05, 0) is 68.1 Å². The second-order valence-corrected chi connectivity index (χ2v) is 11.8. The minimum Gasteiger partial charge on any atom is -0.453 e. The number of hydrogen-bond acceptors (Lipinski definition) is 5. The summed E-state index contributed by atoms with van der Waals surface area (Å²) in [6.45, 7) is 2.11. The molecule has 0 aromatic heterocycles. The van der Waals surface area contributed by atoms with Crippen LogP contribution in [-0.2, 0) is 25.1 Å². The number of hydrogen-bond donors (Lipinski definition) is 1. The average Bonchev–Trinajstić information content (AvgIpc) is 3.42. The highest BCUT2D eigenvalue weighted by Gasteiger charge is 2.58. The van der Waals surface area contributed by atoms with Gasteiger partial charge in [-0.25, -0.2) is 9.18 Å². The van der Waals surface area contributed by atoms with E-state index in [1.54, 1.807) is 17.0 Å². The van der Waals surface area contributed by atoms with Gasteiger partial charge >= 0.3 is 6.09 Å². The first-order chi connectivity index (χ1) is 15.6. The van der Waals surface area contributed by atoms with Gasteiger partial charge in [-0.15, -0.1) is 0 Å². The van der Waals surface area contributed by atoms with Crippen molar-refractivity contribution in [1.29, 1.82) is 0 Å². The van der Waals surface area contributed by atoms with Crippen molar-refractivity contribution in [2.24, 2.45) is 5.92 Å². The Morgan fingerprint density at radius 2 is 2.09 bits per heavy atom. The molecule has 0 radical (unpaired) electrons.